The molecule has 8 nitrogen and oxygen atoms in total. The summed E-state index contributed by atoms with van der Waals surface area (Å²) in [6.45, 7) is 8.04. The van der Waals surface area contributed by atoms with Crippen molar-refractivity contribution in [2.24, 2.45) is 0 Å². The highest BCUT2D eigenvalue weighted by molar-refractivity contribution is 5.69. The molecule has 0 aromatic rings. The second-order valence-electron chi connectivity index (χ2n) is 4.69. The minimum Gasteiger partial charge on any atom is -0.480 e. The Kier molecular flexibility index (Phi) is 12.3. The number of carboxylic acid groups (broad SMARTS) is 2. The van der Waals surface area contributed by atoms with E-state index in [4.69, 9.17) is 19.7 Å². The molecule has 0 saturated heterocycles. The molecule has 8 heteroatoms. The van der Waals surface area contributed by atoms with Gasteiger partial charge in [-0.15, -0.1) is 0 Å². The molecule has 0 unspecified atom stereocenters. The largest absolute Gasteiger partial charge is 0.480 e. The van der Waals surface area contributed by atoms with Gasteiger partial charge in [-0.1, -0.05) is 12.7 Å². The number of carbonyl (C=O) groups is 2. The van der Waals surface area contributed by atoms with E-state index in [-0.39, 0.29) is 38.9 Å². The van der Waals surface area contributed by atoms with Crippen LogP contribution in [-0.4, -0.2) is 78.1 Å². The number of nitrogens with zero attached hydrogens (tertiary/aromatic N) is 2. The number of aliphatic carboxylic acids is 2. The van der Waals surface area contributed by atoms with E-state index in [9.17, 15) is 9.59 Å². The van der Waals surface area contributed by atoms with Crippen LogP contribution < -0.4 is 0 Å². The predicted octanol–water partition coefficient (Wildman–Crippen LogP) is 0.882. The van der Waals surface area contributed by atoms with Crippen LogP contribution >= 0.6 is 0 Å². The molecular weight excluding hydrogens is 328 g/mol. The molecule has 0 aliphatic carbocycles. The van der Waals surface area contributed by atoms with E-state index in [1.54, 1.807) is 11.8 Å². The molecule has 0 atom stereocenters. The fraction of sp³-hybridized carbons (Fsp3) is 0.529. The van der Waals surface area contributed by atoms with Gasteiger partial charge in [-0.05, 0) is 31.5 Å². The molecule has 0 radical (unpaired) electrons. The van der Waals surface area contributed by atoms with Crippen molar-refractivity contribution in [1.29, 1.82) is 0 Å². The Balaban J connectivity index is 4.67. The van der Waals surface area contributed by atoms with Crippen molar-refractivity contribution in [2.45, 2.75) is 13.8 Å². The molecule has 0 aromatic heterocycles. The molecule has 0 aromatic carbocycles. The first-order chi connectivity index (χ1) is 11.9. The highest BCUT2D eigenvalue weighted by Crippen LogP contribution is 2.04. The maximum absolute atomic E-state index is 10.9. The van der Waals surface area contributed by atoms with E-state index in [0.29, 0.717) is 13.1 Å². The van der Waals surface area contributed by atoms with Crippen LogP contribution in [0.3, 0.4) is 0 Å². The summed E-state index contributed by atoms with van der Waals surface area (Å²) in [5.74, 6) is -1.74. The summed E-state index contributed by atoms with van der Waals surface area (Å²) in [5.41, 5.74) is 10.0. The van der Waals surface area contributed by atoms with Gasteiger partial charge in [-0.3, -0.25) is 14.5 Å². The third-order valence-corrected chi connectivity index (χ3v) is 2.86. The Hall–Kier alpha value is -2.68. The van der Waals surface area contributed by atoms with Gasteiger partial charge in [0.1, 0.15) is 13.2 Å². The van der Waals surface area contributed by atoms with Crippen LogP contribution in [0.2, 0.25) is 0 Å². The van der Waals surface area contributed by atoms with Crippen LogP contribution in [-0.2, 0) is 19.1 Å². The number of hydrogen-bond donors (Lipinski definition) is 2. The molecule has 0 fully saturated rings. The zero-order valence-corrected chi connectivity index (χ0v) is 14.6. The van der Waals surface area contributed by atoms with Crippen molar-refractivity contribution in [3.63, 3.8) is 0 Å². The minimum absolute atomic E-state index is 0.105. The monoisotopic (exact) mass is 352 g/mol. The Morgan fingerprint density at radius 3 is 2.24 bits per heavy atom. The third-order valence-electron chi connectivity index (χ3n) is 2.86. The number of hydrogen-bond acceptors (Lipinski definition) is 6. The van der Waals surface area contributed by atoms with Crippen LogP contribution in [0.1, 0.15) is 13.8 Å². The second kappa shape index (κ2) is 13.7. The minimum atomic E-state index is -1.00. The van der Waals surface area contributed by atoms with Crippen molar-refractivity contribution in [3.05, 3.63) is 35.4 Å². The van der Waals surface area contributed by atoms with Crippen molar-refractivity contribution in [3.8, 4) is 0 Å². The number of rotatable bonds is 13. The van der Waals surface area contributed by atoms with Gasteiger partial charge in [0.25, 0.3) is 0 Å². The molecule has 0 saturated carbocycles. The van der Waals surface area contributed by atoms with Crippen molar-refractivity contribution >= 4 is 11.9 Å². The molecule has 0 aliphatic rings. The van der Waals surface area contributed by atoms with E-state index < -0.39 is 11.9 Å². The molecule has 0 spiro atoms. The molecule has 0 rings (SSSR count). The van der Waals surface area contributed by atoms with E-state index in [2.05, 4.69) is 29.5 Å². The Morgan fingerprint density at radius 1 is 1.04 bits per heavy atom. The molecule has 0 amide bonds. The van der Waals surface area contributed by atoms with Crippen molar-refractivity contribution in [1.82, 2.24) is 9.80 Å². The Morgan fingerprint density at radius 2 is 1.72 bits per heavy atom. The average Bonchev–Trinajstić information content (AvgIpc) is 2.56. The first kappa shape index (κ1) is 22.3. The topological polar surface area (TPSA) is 99.5 Å². The molecule has 0 bridgehead atoms. The fourth-order valence-corrected chi connectivity index (χ4v) is 1.66. The predicted molar refractivity (Wildman–Crippen MR) is 89.7 cm³/mol. The third kappa shape index (κ3) is 11.5. The summed E-state index contributed by atoms with van der Waals surface area (Å²) in [4.78, 5) is 24.6. The normalized spacial score (nSPS) is 9.40. The standard InChI is InChI=1S/C17H24N2O6/c1-4-7-8-9-15(19(6-3)13-17(22)23)25-11-10-24-14-18(5-2)12-16(20)21/h1,5-6,10-14H2,2-3H3,(H,20,21)(H,22,23). The lowest BCUT2D eigenvalue weighted by molar-refractivity contribution is -0.140. The SMILES string of the molecule is C=C=C=C=C=C(OCCOCN(CC)CC(=O)O)N(CC)CC(=O)O. The summed E-state index contributed by atoms with van der Waals surface area (Å²) in [7, 11) is 0. The van der Waals surface area contributed by atoms with E-state index in [1.807, 2.05) is 6.92 Å². The van der Waals surface area contributed by atoms with E-state index in [1.165, 1.54) is 4.90 Å². The number of ether oxygens (including phenoxy) is 2. The molecule has 0 aliphatic heterocycles. The Bertz CT molecular complexity index is 592. The van der Waals surface area contributed by atoms with Crippen LogP contribution in [0.5, 0.6) is 0 Å². The summed E-state index contributed by atoms with van der Waals surface area (Å²) in [6.07, 6.45) is 0. The van der Waals surface area contributed by atoms with Gasteiger partial charge in [0.15, 0.2) is 0 Å². The van der Waals surface area contributed by atoms with Gasteiger partial charge < -0.3 is 24.6 Å². The second-order valence-corrected chi connectivity index (χ2v) is 4.69. The first-order valence-electron chi connectivity index (χ1n) is 7.71. The van der Waals surface area contributed by atoms with Gasteiger partial charge in [0.05, 0.1) is 19.9 Å². The first-order valence-corrected chi connectivity index (χ1v) is 7.71. The van der Waals surface area contributed by atoms with Gasteiger partial charge in [-0.2, -0.15) is 0 Å². The Labute approximate surface area is 147 Å². The zero-order valence-electron chi connectivity index (χ0n) is 14.6. The summed E-state index contributed by atoms with van der Waals surface area (Å²) < 4.78 is 10.9. The van der Waals surface area contributed by atoms with E-state index in [0.717, 1.165) is 0 Å². The van der Waals surface area contributed by atoms with Gasteiger partial charge in [-0.25, -0.2) is 0 Å². The number of likely N-dealkylation sites (N-methyl/N-ethyl adjacent to an activating group) is 2. The maximum atomic E-state index is 10.9. The van der Waals surface area contributed by atoms with Crippen molar-refractivity contribution < 1.29 is 29.3 Å². The molecule has 138 valence electrons. The fourth-order valence-electron chi connectivity index (χ4n) is 1.66. The lowest BCUT2D eigenvalue weighted by Gasteiger charge is -2.22. The highest BCUT2D eigenvalue weighted by Gasteiger charge is 2.13. The smallest absolute Gasteiger partial charge is 0.323 e. The molecule has 0 heterocycles. The van der Waals surface area contributed by atoms with Gasteiger partial charge >= 0.3 is 11.9 Å². The quantitative estimate of drug-likeness (QED) is 0.218. The summed E-state index contributed by atoms with van der Waals surface area (Å²) in [5, 5.41) is 17.7. The van der Waals surface area contributed by atoms with Crippen LogP contribution in [0.15, 0.2) is 35.4 Å². The van der Waals surface area contributed by atoms with E-state index >= 15 is 0 Å². The van der Waals surface area contributed by atoms with Gasteiger partial charge in [0, 0.05) is 12.3 Å². The number of carboxylic acids is 2. The van der Waals surface area contributed by atoms with Gasteiger partial charge in [0.2, 0.25) is 5.88 Å². The van der Waals surface area contributed by atoms with Crippen LogP contribution in [0, 0.1) is 0 Å². The summed E-state index contributed by atoms with van der Waals surface area (Å²) >= 11 is 0. The highest BCUT2D eigenvalue weighted by atomic mass is 16.5. The van der Waals surface area contributed by atoms with Crippen LogP contribution in [0.4, 0.5) is 0 Å². The summed E-state index contributed by atoms with van der Waals surface area (Å²) in [6, 6.07) is 0. The lowest BCUT2D eigenvalue weighted by atomic mass is 10.5. The van der Waals surface area contributed by atoms with Crippen molar-refractivity contribution in [2.75, 3.05) is 46.1 Å². The lowest BCUT2D eigenvalue weighted by Crippen LogP contribution is -2.32. The molecule has 2 N–H and O–H groups in total. The molecule has 25 heavy (non-hydrogen) atoms. The zero-order chi connectivity index (χ0) is 19.1. The average molecular weight is 352 g/mol. The molecular formula is C17H24N2O6. The maximum Gasteiger partial charge on any atom is 0.323 e. The van der Waals surface area contributed by atoms with Crippen LogP contribution in [0.25, 0.3) is 0 Å².